The van der Waals surface area contributed by atoms with Crippen LogP contribution in [-0.4, -0.2) is 0 Å². The molecule has 18 heavy (non-hydrogen) atoms. The van der Waals surface area contributed by atoms with Crippen LogP contribution < -0.4 is 0 Å². The predicted molar refractivity (Wildman–Crippen MR) is 77.9 cm³/mol. The van der Waals surface area contributed by atoms with Crippen LogP contribution in [0.4, 0.5) is 4.39 Å². The fraction of sp³-hybridized carbons (Fsp3) is 0.143. The van der Waals surface area contributed by atoms with Crippen LogP contribution in [0.1, 0.15) is 16.5 Å². The van der Waals surface area contributed by atoms with Gasteiger partial charge in [-0.1, -0.05) is 39.7 Å². The molecule has 0 aliphatic heterocycles. The van der Waals surface area contributed by atoms with E-state index in [9.17, 15) is 4.39 Å². The van der Waals surface area contributed by atoms with Gasteiger partial charge in [0.2, 0.25) is 0 Å². The van der Waals surface area contributed by atoms with Gasteiger partial charge in [0.25, 0.3) is 0 Å². The molecule has 1 atom stereocenters. The van der Waals surface area contributed by atoms with E-state index in [1.54, 1.807) is 0 Å². The SMILES string of the molecule is Fc1cc(Br)cc(C(Cl)Cc2ccc(Cl)cc2)c1. The summed E-state index contributed by atoms with van der Waals surface area (Å²) < 4.78 is 14.0. The zero-order chi connectivity index (χ0) is 13.1. The monoisotopic (exact) mass is 346 g/mol. The quantitative estimate of drug-likeness (QED) is 0.619. The van der Waals surface area contributed by atoms with E-state index in [1.165, 1.54) is 12.1 Å². The highest BCUT2D eigenvalue weighted by Gasteiger charge is 2.11. The summed E-state index contributed by atoms with van der Waals surface area (Å²) in [4.78, 5) is 0. The van der Waals surface area contributed by atoms with Gasteiger partial charge in [-0.15, -0.1) is 11.6 Å². The van der Waals surface area contributed by atoms with Gasteiger partial charge in [-0.3, -0.25) is 0 Å². The third-order valence-electron chi connectivity index (χ3n) is 2.57. The Morgan fingerprint density at radius 2 is 1.78 bits per heavy atom. The van der Waals surface area contributed by atoms with E-state index in [2.05, 4.69) is 15.9 Å². The molecule has 2 aromatic rings. The van der Waals surface area contributed by atoms with Gasteiger partial charge in [-0.2, -0.15) is 0 Å². The Morgan fingerprint density at radius 1 is 1.11 bits per heavy atom. The second kappa shape index (κ2) is 6.05. The molecule has 2 rings (SSSR count). The molecule has 0 spiro atoms. The zero-order valence-electron chi connectivity index (χ0n) is 9.34. The van der Waals surface area contributed by atoms with Crippen molar-refractivity contribution in [1.29, 1.82) is 0 Å². The summed E-state index contributed by atoms with van der Waals surface area (Å²) >= 11 is 15.4. The number of benzene rings is 2. The van der Waals surface area contributed by atoms with Crippen molar-refractivity contribution in [2.24, 2.45) is 0 Å². The normalized spacial score (nSPS) is 12.4. The van der Waals surface area contributed by atoms with Gasteiger partial charge in [0, 0.05) is 9.50 Å². The van der Waals surface area contributed by atoms with Gasteiger partial charge in [-0.05, 0) is 47.9 Å². The number of alkyl halides is 1. The van der Waals surface area contributed by atoms with Crippen molar-refractivity contribution in [2.75, 3.05) is 0 Å². The average Bonchev–Trinajstić information content (AvgIpc) is 2.31. The average molecular weight is 348 g/mol. The lowest BCUT2D eigenvalue weighted by Gasteiger charge is -2.11. The minimum atomic E-state index is -0.291. The molecule has 0 bridgehead atoms. The van der Waals surface area contributed by atoms with Crippen molar-refractivity contribution in [3.8, 4) is 0 Å². The molecule has 0 nitrogen and oxygen atoms in total. The highest BCUT2D eigenvalue weighted by Crippen LogP contribution is 2.28. The molecule has 0 radical (unpaired) electrons. The Labute approximate surface area is 124 Å². The first-order chi connectivity index (χ1) is 8.54. The van der Waals surface area contributed by atoms with E-state index >= 15 is 0 Å². The molecule has 0 N–H and O–H groups in total. The lowest BCUT2D eigenvalue weighted by Crippen LogP contribution is -1.96. The lowest BCUT2D eigenvalue weighted by atomic mass is 10.0. The van der Waals surface area contributed by atoms with Gasteiger partial charge in [0.15, 0.2) is 0 Å². The van der Waals surface area contributed by atoms with Crippen molar-refractivity contribution in [3.63, 3.8) is 0 Å². The fourth-order valence-electron chi connectivity index (χ4n) is 1.70. The Hall–Kier alpha value is -0.570. The highest BCUT2D eigenvalue weighted by molar-refractivity contribution is 9.10. The molecule has 0 aliphatic carbocycles. The van der Waals surface area contributed by atoms with Crippen LogP contribution in [0.2, 0.25) is 5.02 Å². The molecule has 0 aromatic heterocycles. The third-order valence-corrected chi connectivity index (χ3v) is 3.69. The third kappa shape index (κ3) is 3.71. The van der Waals surface area contributed by atoms with Crippen molar-refractivity contribution < 1.29 is 4.39 Å². The topological polar surface area (TPSA) is 0 Å². The molecule has 4 heteroatoms. The Morgan fingerprint density at radius 3 is 2.39 bits per heavy atom. The minimum Gasteiger partial charge on any atom is -0.207 e. The standard InChI is InChI=1S/C14H10BrCl2F/c15-11-6-10(7-13(18)8-11)14(17)5-9-1-3-12(16)4-2-9/h1-4,6-8,14H,5H2. The summed E-state index contributed by atoms with van der Waals surface area (Å²) in [6.07, 6.45) is 0.634. The first-order valence-electron chi connectivity index (χ1n) is 5.39. The molecular weight excluding hydrogens is 338 g/mol. The summed E-state index contributed by atoms with van der Waals surface area (Å²) in [6.45, 7) is 0. The summed E-state index contributed by atoms with van der Waals surface area (Å²) in [5, 5.41) is 0.427. The maximum atomic E-state index is 13.3. The summed E-state index contributed by atoms with van der Waals surface area (Å²) in [6, 6.07) is 12.2. The van der Waals surface area contributed by atoms with Gasteiger partial charge < -0.3 is 0 Å². The molecule has 0 aliphatic rings. The molecule has 0 amide bonds. The van der Waals surface area contributed by atoms with Crippen molar-refractivity contribution in [1.82, 2.24) is 0 Å². The maximum Gasteiger partial charge on any atom is 0.124 e. The van der Waals surface area contributed by atoms with Crippen molar-refractivity contribution >= 4 is 39.1 Å². The van der Waals surface area contributed by atoms with Crippen LogP contribution in [0.3, 0.4) is 0 Å². The fourth-order valence-corrected chi connectivity index (χ4v) is 2.61. The second-order valence-corrected chi connectivity index (χ2v) is 5.88. The largest absolute Gasteiger partial charge is 0.207 e. The van der Waals surface area contributed by atoms with E-state index in [4.69, 9.17) is 23.2 Å². The predicted octanol–water partition coefficient (Wildman–Crippen LogP) is 5.76. The summed E-state index contributed by atoms with van der Waals surface area (Å²) in [5.74, 6) is -0.291. The van der Waals surface area contributed by atoms with E-state index < -0.39 is 0 Å². The van der Waals surface area contributed by atoms with Crippen LogP contribution >= 0.6 is 39.1 Å². The summed E-state index contributed by atoms with van der Waals surface area (Å²) in [7, 11) is 0. The van der Waals surface area contributed by atoms with Gasteiger partial charge >= 0.3 is 0 Å². The van der Waals surface area contributed by atoms with E-state index in [-0.39, 0.29) is 11.2 Å². The number of rotatable bonds is 3. The number of hydrogen-bond donors (Lipinski definition) is 0. The van der Waals surface area contributed by atoms with Crippen LogP contribution in [0, 0.1) is 5.82 Å². The van der Waals surface area contributed by atoms with Gasteiger partial charge in [0.05, 0.1) is 5.38 Å². The number of halogens is 4. The molecule has 0 saturated carbocycles. The zero-order valence-corrected chi connectivity index (χ0v) is 12.4. The van der Waals surface area contributed by atoms with Crippen LogP contribution in [-0.2, 0) is 6.42 Å². The Balaban J connectivity index is 2.16. The van der Waals surface area contributed by atoms with E-state index in [0.717, 1.165) is 11.1 Å². The Bertz CT molecular complexity index is 520. The molecule has 0 fully saturated rings. The highest BCUT2D eigenvalue weighted by atomic mass is 79.9. The van der Waals surface area contributed by atoms with Crippen LogP contribution in [0.5, 0.6) is 0 Å². The lowest BCUT2D eigenvalue weighted by molar-refractivity contribution is 0.623. The van der Waals surface area contributed by atoms with Gasteiger partial charge in [0.1, 0.15) is 5.82 Å². The number of hydrogen-bond acceptors (Lipinski definition) is 0. The summed E-state index contributed by atoms with van der Waals surface area (Å²) in [5.41, 5.74) is 1.83. The van der Waals surface area contributed by atoms with Gasteiger partial charge in [-0.25, -0.2) is 4.39 Å². The van der Waals surface area contributed by atoms with Crippen LogP contribution in [0.25, 0.3) is 0 Å². The minimum absolute atomic E-state index is 0.266. The van der Waals surface area contributed by atoms with Crippen molar-refractivity contribution in [3.05, 3.63) is 68.9 Å². The Kier molecular flexibility index (Phi) is 4.66. The molecular formula is C14H10BrCl2F. The molecule has 2 aromatic carbocycles. The van der Waals surface area contributed by atoms with Crippen molar-refractivity contribution in [2.45, 2.75) is 11.8 Å². The van der Waals surface area contributed by atoms with Crippen LogP contribution in [0.15, 0.2) is 46.9 Å². The molecule has 0 heterocycles. The first-order valence-corrected chi connectivity index (χ1v) is 7.00. The van der Waals surface area contributed by atoms with E-state index in [0.29, 0.717) is 15.9 Å². The second-order valence-electron chi connectivity index (χ2n) is 4.00. The van der Waals surface area contributed by atoms with E-state index in [1.807, 2.05) is 30.3 Å². The molecule has 0 saturated heterocycles. The molecule has 1 unspecified atom stereocenters. The first kappa shape index (κ1) is 13.9. The maximum absolute atomic E-state index is 13.3. The smallest absolute Gasteiger partial charge is 0.124 e. The molecule has 94 valence electrons.